The first-order chi connectivity index (χ1) is 17.2. The minimum atomic E-state index is -11.2. The molecule has 0 radical (unpaired) electrons. The molecule has 0 amide bonds. The van der Waals surface area contributed by atoms with Gasteiger partial charge in [-0.15, -0.1) is 0 Å². The van der Waals surface area contributed by atoms with Crippen molar-refractivity contribution in [3.63, 3.8) is 0 Å². The fourth-order valence-corrected chi connectivity index (χ4v) is 7.88. The summed E-state index contributed by atoms with van der Waals surface area (Å²) in [6.07, 6.45) is 0. The van der Waals surface area contributed by atoms with Crippen LogP contribution in [0.3, 0.4) is 0 Å². The van der Waals surface area contributed by atoms with Crippen LogP contribution in [0, 0.1) is 0 Å². The zero-order valence-corrected chi connectivity index (χ0v) is 23.2. The second-order valence-electron chi connectivity index (χ2n) is 8.68. The maximum absolute atomic E-state index is 11.2. The van der Waals surface area contributed by atoms with Gasteiger partial charge in [0.25, 0.3) is 0 Å². The number of hydrogen-bond donors (Lipinski definition) is 0. The van der Waals surface area contributed by atoms with E-state index >= 15 is 0 Å². The number of rotatable bonds is 4. The van der Waals surface area contributed by atoms with Crippen LogP contribution in [0.25, 0.3) is 21.9 Å². The fourth-order valence-electron chi connectivity index (χ4n) is 4.43. The summed E-state index contributed by atoms with van der Waals surface area (Å²) in [6.45, 7) is 2.46. The van der Waals surface area contributed by atoms with Crippen molar-refractivity contribution in [2.75, 3.05) is 6.66 Å². The van der Waals surface area contributed by atoms with Crippen molar-refractivity contribution in [1.29, 1.82) is 0 Å². The third-order valence-corrected chi connectivity index (χ3v) is 10.0. The predicted octanol–water partition coefficient (Wildman–Crippen LogP) is 8.68. The summed E-state index contributed by atoms with van der Waals surface area (Å²) in [4.78, 5) is 0. The zero-order valence-electron chi connectivity index (χ0n) is 20.8. The van der Waals surface area contributed by atoms with E-state index in [0.717, 1.165) is 0 Å². The summed E-state index contributed by atoms with van der Waals surface area (Å²) in [5, 5.41) is 6.83. The van der Waals surface area contributed by atoms with E-state index in [2.05, 4.69) is 134 Å². The molecule has 5 aromatic carbocycles. The second kappa shape index (κ2) is 9.49. The first-order valence-corrected chi connectivity index (χ1v) is 19.4. The maximum Gasteiger partial charge on any atom is 1.00 e. The molecule has 0 saturated carbocycles. The topological polar surface area (TPSA) is 0 Å². The molecular weight excluding hydrogens is 615 g/mol. The maximum atomic E-state index is 9.93. The number of hydrogen-bond acceptors (Lipinski definition) is 0. The van der Waals surface area contributed by atoms with Crippen molar-refractivity contribution in [3.05, 3.63) is 127 Å². The monoisotopic (exact) mass is 639 g/mol. The average Bonchev–Trinajstić information content (AvgIpc) is 2.87. The SMILES string of the molecule is C[P+](c1ccccc1)(c1ccccc1)c1ccccc1-c1cccc2ccccc12.[F][Sb-]([F])([F])([F])([F])[F].[H+]. The van der Waals surface area contributed by atoms with Crippen LogP contribution in [0.4, 0.5) is 16.9 Å². The van der Waals surface area contributed by atoms with Gasteiger partial charge in [0.1, 0.15) is 23.2 Å². The molecule has 0 aromatic heterocycles. The van der Waals surface area contributed by atoms with Crippen molar-refractivity contribution in [3.8, 4) is 11.1 Å². The molecule has 0 aliphatic rings. The number of benzene rings is 5. The van der Waals surface area contributed by atoms with Crippen molar-refractivity contribution < 1.29 is 18.3 Å². The molecule has 0 atom stereocenters. The van der Waals surface area contributed by atoms with E-state index in [0.29, 0.717) is 0 Å². The molecule has 0 unspecified atom stereocenters. The van der Waals surface area contributed by atoms with Gasteiger partial charge >= 0.3 is 37.8 Å². The van der Waals surface area contributed by atoms with Crippen molar-refractivity contribution in [1.82, 2.24) is 0 Å². The Bertz CT molecular complexity index is 1470. The van der Waals surface area contributed by atoms with Gasteiger partial charge in [-0.1, -0.05) is 97.1 Å². The Labute approximate surface area is 216 Å². The van der Waals surface area contributed by atoms with Gasteiger partial charge in [0.05, 0.1) is 6.66 Å². The van der Waals surface area contributed by atoms with Gasteiger partial charge < -0.3 is 0 Å². The molecule has 0 aliphatic carbocycles. The van der Waals surface area contributed by atoms with E-state index in [9.17, 15) is 16.9 Å². The Kier molecular flexibility index (Phi) is 6.99. The summed E-state index contributed by atoms with van der Waals surface area (Å²) < 4.78 is 59.6. The molecule has 37 heavy (non-hydrogen) atoms. The van der Waals surface area contributed by atoms with Gasteiger partial charge in [0.2, 0.25) is 0 Å². The molecule has 5 aromatic rings. The van der Waals surface area contributed by atoms with Crippen LogP contribution in [0.2, 0.25) is 0 Å². The summed E-state index contributed by atoms with van der Waals surface area (Å²) in [6, 6.07) is 46.4. The van der Waals surface area contributed by atoms with E-state index in [-0.39, 0.29) is 1.43 Å². The van der Waals surface area contributed by atoms with Crippen LogP contribution in [0.5, 0.6) is 0 Å². The van der Waals surface area contributed by atoms with Crippen LogP contribution >= 0.6 is 7.26 Å². The Morgan fingerprint density at radius 3 is 1.46 bits per heavy atom. The largest absolute Gasteiger partial charge is 1.00 e. The van der Waals surface area contributed by atoms with Gasteiger partial charge in [0, 0.05) is 5.56 Å². The molecule has 0 aliphatic heterocycles. The summed E-state index contributed by atoms with van der Waals surface area (Å²) in [5.41, 5.74) is 2.64. The third kappa shape index (κ3) is 7.15. The molecule has 0 heterocycles. The Morgan fingerprint density at radius 2 is 0.892 bits per heavy atom. The molecule has 8 heteroatoms. The smallest absolute Gasteiger partial charge is 1.00 e. The first kappa shape index (κ1) is 27.2. The van der Waals surface area contributed by atoms with Crippen LogP contribution in [0.15, 0.2) is 127 Å². The summed E-state index contributed by atoms with van der Waals surface area (Å²) in [5.74, 6) is 0. The van der Waals surface area contributed by atoms with Crippen LogP contribution < -0.4 is 15.9 Å². The molecule has 0 bridgehead atoms. The van der Waals surface area contributed by atoms with E-state index in [4.69, 9.17) is 0 Å². The molecule has 0 N–H and O–H groups in total. The molecule has 192 valence electrons. The van der Waals surface area contributed by atoms with Gasteiger partial charge in [0.15, 0.2) is 0 Å². The van der Waals surface area contributed by atoms with Crippen molar-refractivity contribution in [2.45, 2.75) is 0 Å². The minimum Gasteiger partial charge on any atom is 1.00 e. The van der Waals surface area contributed by atoms with Crippen LogP contribution in [-0.4, -0.2) is 26.1 Å². The van der Waals surface area contributed by atoms with Crippen LogP contribution in [-0.2, 0) is 0 Å². The van der Waals surface area contributed by atoms with Crippen LogP contribution in [0.1, 0.15) is 1.43 Å². The predicted molar refractivity (Wildman–Crippen MR) is 148 cm³/mol. The third-order valence-electron chi connectivity index (χ3n) is 6.01. The second-order valence-corrected chi connectivity index (χ2v) is 17.7. The van der Waals surface area contributed by atoms with Crippen molar-refractivity contribution in [2.24, 2.45) is 0 Å². The standard InChI is InChI=1S/C29H24P.6FH.Sb/c1-30(24-15-4-2-5-16-24,25-17-6-3-7-18-25)29-22-11-10-20-28(29)27-21-12-14-23-13-8-9-19-26(23)27;;;;;;;/h2-22H,1H3;6*1H;/q+1;;;;;;;+5/p-5. The molecular formula is C29H25F6PSb+. The van der Waals surface area contributed by atoms with E-state index in [1.54, 1.807) is 0 Å². The number of fused-ring (bicyclic) bond motifs is 1. The first-order valence-electron chi connectivity index (χ1n) is 11.4. The normalized spacial score (nSPS) is 13.7. The molecule has 0 nitrogen and oxygen atoms in total. The van der Waals surface area contributed by atoms with Gasteiger partial charge in [-0.05, 0) is 46.7 Å². The fraction of sp³-hybridized carbons (Fsp3) is 0.0345. The molecule has 0 fully saturated rings. The Morgan fingerprint density at radius 1 is 0.486 bits per heavy atom. The summed E-state index contributed by atoms with van der Waals surface area (Å²) >= 11 is -11.2. The van der Waals surface area contributed by atoms with E-state index in [1.165, 1.54) is 37.8 Å². The Hall–Kier alpha value is -2.81. The molecule has 5 rings (SSSR count). The average molecular weight is 640 g/mol. The van der Waals surface area contributed by atoms with E-state index in [1.807, 2.05) is 0 Å². The van der Waals surface area contributed by atoms with Gasteiger partial charge in [-0.2, -0.15) is 0 Å². The zero-order chi connectivity index (χ0) is 26.8. The minimum absolute atomic E-state index is 0. The van der Waals surface area contributed by atoms with E-state index < -0.39 is 26.7 Å². The van der Waals surface area contributed by atoms with Gasteiger partial charge in [-0.25, -0.2) is 0 Å². The number of halogens is 6. The molecule has 0 saturated heterocycles. The summed E-state index contributed by atoms with van der Waals surface area (Å²) in [7, 11) is -1.81. The van der Waals surface area contributed by atoms with Crippen molar-refractivity contribution >= 4 is 53.4 Å². The quantitative estimate of drug-likeness (QED) is 0.105. The Balaban J connectivity index is 0.000000444. The molecule has 0 spiro atoms. The van der Waals surface area contributed by atoms with Gasteiger partial charge in [-0.3, -0.25) is 0 Å².